The Balaban J connectivity index is 1.37. The minimum absolute atomic E-state index is 0.106. The van der Waals surface area contributed by atoms with Gasteiger partial charge in [0.25, 0.3) is 5.91 Å². The van der Waals surface area contributed by atoms with Gasteiger partial charge in [-0.15, -0.1) is 0 Å². The van der Waals surface area contributed by atoms with Crippen LogP contribution in [-0.2, 0) is 6.54 Å². The van der Waals surface area contributed by atoms with Crippen molar-refractivity contribution in [2.24, 2.45) is 0 Å². The Labute approximate surface area is 164 Å². The fourth-order valence-electron chi connectivity index (χ4n) is 3.55. The summed E-state index contributed by atoms with van der Waals surface area (Å²) in [5, 5.41) is 4.28. The summed E-state index contributed by atoms with van der Waals surface area (Å²) in [5.41, 5.74) is 3.24. The van der Waals surface area contributed by atoms with E-state index in [9.17, 15) is 9.18 Å². The maximum absolute atomic E-state index is 13.9. The highest BCUT2D eigenvalue weighted by Gasteiger charge is 2.24. The average Bonchev–Trinajstić information content (AvgIpc) is 3.18. The topological polar surface area (TPSA) is 41.4 Å². The van der Waals surface area contributed by atoms with Crippen LogP contribution in [0.5, 0.6) is 0 Å². The summed E-state index contributed by atoms with van der Waals surface area (Å²) in [7, 11) is 0. The zero-order chi connectivity index (χ0) is 19.5. The summed E-state index contributed by atoms with van der Waals surface area (Å²) >= 11 is 0. The van der Waals surface area contributed by atoms with Crippen LogP contribution < -0.4 is 0 Å². The van der Waals surface area contributed by atoms with Gasteiger partial charge >= 0.3 is 0 Å². The molecule has 0 atom stereocenters. The number of rotatable bonds is 4. The van der Waals surface area contributed by atoms with Gasteiger partial charge in [-0.3, -0.25) is 9.69 Å². The van der Waals surface area contributed by atoms with Gasteiger partial charge in [0.2, 0.25) is 0 Å². The number of halogens is 1. The molecule has 0 bridgehead atoms. The molecule has 0 saturated carbocycles. The van der Waals surface area contributed by atoms with Gasteiger partial charge in [-0.05, 0) is 30.7 Å². The van der Waals surface area contributed by atoms with Crippen molar-refractivity contribution < 1.29 is 9.18 Å². The number of nitrogens with zero attached hydrogens (tertiary/aromatic N) is 4. The summed E-state index contributed by atoms with van der Waals surface area (Å²) in [6, 6.07) is 16.6. The molecule has 4 rings (SSSR count). The van der Waals surface area contributed by atoms with Crippen LogP contribution in [-0.4, -0.2) is 51.7 Å². The Morgan fingerprint density at radius 2 is 1.82 bits per heavy atom. The Bertz CT molecular complexity index is 976. The summed E-state index contributed by atoms with van der Waals surface area (Å²) in [5.74, 6) is -0.473. The van der Waals surface area contributed by atoms with Gasteiger partial charge in [-0.25, -0.2) is 9.07 Å². The highest BCUT2D eigenvalue weighted by Crippen LogP contribution is 2.15. The molecule has 144 valence electrons. The fourth-order valence-corrected chi connectivity index (χ4v) is 3.55. The zero-order valence-corrected chi connectivity index (χ0v) is 15.9. The highest BCUT2D eigenvalue weighted by atomic mass is 19.1. The molecule has 6 heteroatoms. The molecular formula is C22H23FN4O. The van der Waals surface area contributed by atoms with Gasteiger partial charge in [-0.1, -0.05) is 42.0 Å². The Hall–Kier alpha value is -2.99. The van der Waals surface area contributed by atoms with Gasteiger partial charge < -0.3 is 4.90 Å². The number of piperazine rings is 1. The molecule has 0 N–H and O–H groups in total. The molecule has 0 aliphatic carbocycles. The summed E-state index contributed by atoms with van der Waals surface area (Å²) < 4.78 is 15.3. The number of hydrogen-bond donors (Lipinski definition) is 0. The third-order valence-electron chi connectivity index (χ3n) is 5.06. The number of carbonyl (C=O) groups is 1. The zero-order valence-electron chi connectivity index (χ0n) is 15.9. The minimum atomic E-state index is -0.366. The molecule has 1 aliphatic rings. The molecule has 28 heavy (non-hydrogen) atoms. The van der Waals surface area contributed by atoms with E-state index in [1.807, 2.05) is 4.90 Å². The fraction of sp³-hybridized carbons (Fsp3) is 0.273. The molecule has 1 amide bonds. The first-order valence-corrected chi connectivity index (χ1v) is 9.48. The highest BCUT2D eigenvalue weighted by molar-refractivity contribution is 5.92. The monoisotopic (exact) mass is 378 g/mol. The second kappa shape index (κ2) is 7.94. The second-order valence-electron chi connectivity index (χ2n) is 7.15. The molecule has 2 heterocycles. The molecule has 0 unspecified atom stereocenters. The van der Waals surface area contributed by atoms with Gasteiger partial charge in [0.05, 0.1) is 0 Å². The van der Waals surface area contributed by atoms with E-state index < -0.39 is 0 Å². The number of benzene rings is 2. The van der Waals surface area contributed by atoms with Crippen LogP contribution in [0.2, 0.25) is 0 Å². The van der Waals surface area contributed by atoms with E-state index in [0.29, 0.717) is 24.5 Å². The second-order valence-corrected chi connectivity index (χ2v) is 7.15. The van der Waals surface area contributed by atoms with Crippen LogP contribution in [0.4, 0.5) is 4.39 Å². The van der Waals surface area contributed by atoms with Crippen molar-refractivity contribution in [2.75, 3.05) is 26.2 Å². The molecule has 3 aromatic rings. The van der Waals surface area contributed by atoms with E-state index in [2.05, 4.69) is 41.2 Å². The van der Waals surface area contributed by atoms with Crippen LogP contribution >= 0.6 is 0 Å². The lowest BCUT2D eigenvalue weighted by molar-refractivity contribution is 0.0622. The average molecular weight is 378 g/mol. The quantitative estimate of drug-likeness (QED) is 0.700. The van der Waals surface area contributed by atoms with Crippen molar-refractivity contribution in [1.82, 2.24) is 19.6 Å². The first kappa shape index (κ1) is 18.4. The lowest BCUT2D eigenvalue weighted by Crippen LogP contribution is -2.48. The molecule has 0 spiro atoms. The van der Waals surface area contributed by atoms with E-state index in [1.54, 1.807) is 30.5 Å². The molecule has 5 nitrogen and oxygen atoms in total. The van der Waals surface area contributed by atoms with Crippen molar-refractivity contribution in [3.05, 3.63) is 83.4 Å². The number of carbonyl (C=O) groups excluding carboxylic acids is 1. The first-order valence-electron chi connectivity index (χ1n) is 9.48. The maximum Gasteiger partial charge on any atom is 0.274 e. The summed E-state index contributed by atoms with van der Waals surface area (Å²) in [6.45, 7) is 5.97. The van der Waals surface area contributed by atoms with Crippen LogP contribution in [0.25, 0.3) is 5.69 Å². The number of hydrogen-bond acceptors (Lipinski definition) is 3. The number of para-hydroxylation sites is 1. The molecule has 1 aliphatic heterocycles. The third kappa shape index (κ3) is 3.97. The third-order valence-corrected chi connectivity index (χ3v) is 5.06. The van der Waals surface area contributed by atoms with E-state index in [1.165, 1.54) is 21.9 Å². The van der Waals surface area contributed by atoms with Gasteiger partial charge in [0.15, 0.2) is 5.69 Å². The molecular weight excluding hydrogens is 355 g/mol. The Morgan fingerprint density at radius 3 is 2.57 bits per heavy atom. The van der Waals surface area contributed by atoms with E-state index >= 15 is 0 Å². The smallest absolute Gasteiger partial charge is 0.274 e. The summed E-state index contributed by atoms with van der Waals surface area (Å²) in [6.07, 6.45) is 1.62. The molecule has 1 saturated heterocycles. The van der Waals surface area contributed by atoms with Crippen LogP contribution in [0.15, 0.2) is 60.8 Å². The standard InChI is InChI=1S/C22H23FN4O/c1-17-5-4-6-18(15-17)16-25-11-13-26(14-12-25)22(28)20-9-10-27(24-20)21-8-3-2-7-19(21)23/h2-10,15H,11-14,16H2,1H3. The van der Waals surface area contributed by atoms with Crippen molar-refractivity contribution in [3.63, 3.8) is 0 Å². The first-order chi connectivity index (χ1) is 13.6. The van der Waals surface area contributed by atoms with Gasteiger partial charge in [0, 0.05) is 38.9 Å². The van der Waals surface area contributed by atoms with Crippen molar-refractivity contribution in [3.8, 4) is 5.69 Å². The van der Waals surface area contributed by atoms with Crippen molar-refractivity contribution in [1.29, 1.82) is 0 Å². The lowest BCUT2D eigenvalue weighted by atomic mass is 10.1. The minimum Gasteiger partial charge on any atom is -0.335 e. The van der Waals surface area contributed by atoms with E-state index in [4.69, 9.17) is 0 Å². The maximum atomic E-state index is 13.9. The van der Waals surface area contributed by atoms with Crippen molar-refractivity contribution >= 4 is 5.91 Å². The summed E-state index contributed by atoms with van der Waals surface area (Å²) in [4.78, 5) is 17.0. The largest absolute Gasteiger partial charge is 0.335 e. The molecule has 1 aromatic heterocycles. The predicted molar refractivity (Wildman–Crippen MR) is 106 cm³/mol. The Kier molecular flexibility index (Phi) is 5.21. The van der Waals surface area contributed by atoms with Crippen LogP contribution in [0.3, 0.4) is 0 Å². The Morgan fingerprint density at radius 1 is 1.04 bits per heavy atom. The van der Waals surface area contributed by atoms with Gasteiger partial charge in [-0.2, -0.15) is 5.10 Å². The van der Waals surface area contributed by atoms with Crippen LogP contribution in [0, 0.1) is 12.7 Å². The SMILES string of the molecule is Cc1cccc(CN2CCN(C(=O)c3ccn(-c4ccccc4F)n3)CC2)c1. The van der Waals surface area contributed by atoms with Crippen LogP contribution in [0.1, 0.15) is 21.6 Å². The normalized spacial score (nSPS) is 15.0. The number of aromatic nitrogens is 2. The number of amides is 1. The number of aryl methyl sites for hydroxylation is 1. The van der Waals surface area contributed by atoms with Crippen molar-refractivity contribution in [2.45, 2.75) is 13.5 Å². The predicted octanol–water partition coefficient (Wildman–Crippen LogP) is 3.28. The molecule has 2 aromatic carbocycles. The lowest BCUT2D eigenvalue weighted by Gasteiger charge is -2.34. The van der Waals surface area contributed by atoms with E-state index in [0.717, 1.165) is 19.6 Å². The molecule has 0 radical (unpaired) electrons. The van der Waals surface area contributed by atoms with E-state index in [-0.39, 0.29) is 11.7 Å². The molecule has 1 fully saturated rings. The van der Waals surface area contributed by atoms with Gasteiger partial charge in [0.1, 0.15) is 11.5 Å².